The maximum absolute atomic E-state index is 11.9. The number of nitrogens with zero attached hydrogens (tertiary/aromatic N) is 2. The van der Waals surface area contributed by atoms with E-state index in [1.807, 2.05) is 6.07 Å². The number of hydrogen-bond donors (Lipinski definition) is 2. The summed E-state index contributed by atoms with van der Waals surface area (Å²) in [6.07, 6.45) is 5.75. The first kappa shape index (κ1) is 14.9. The van der Waals surface area contributed by atoms with Crippen LogP contribution in [-0.2, 0) is 4.74 Å². The number of ether oxygens (including phenoxy) is 1. The third-order valence-corrected chi connectivity index (χ3v) is 2.78. The molecule has 1 amide bonds. The fraction of sp³-hybridized carbons (Fsp3) is 0.267. The topological polar surface area (TPSA) is 76.1 Å². The Morgan fingerprint density at radius 3 is 2.86 bits per heavy atom. The van der Waals surface area contributed by atoms with Crippen molar-refractivity contribution in [2.45, 2.75) is 6.42 Å². The second kappa shape index (κ2) is 7.96. The van der Waals surface area contributed by atoms with Gasteiger partial charge in [0.1, 0.15) is 5.82 Å². The molecule has 2 N–H and O–H groups in total. The Bertz CT molecular complexity index is 558. The van der Waals surface area contributed by atoms with Crippen LogP contribution in [0.3, 0.4) is 0 Å². The first-order valence-electron chi connectivity index (χ1n) is 6.70. The Morgan fingerprint density at radius 1 is 1.29 bits per heavy atom. The highest BCUT2D eigenvalue weighted by Crippen LogP contribution is 2.10. The lowest BCUT2D eigenvalue weighted by Crippen LogP contribution is -2.13. The summed E-state index contributed by atoms with van der Waals surface area (Å²) in [6.45, 7) is 1.54. The molecule has 0 saturated heterocycles. The van der Waals surface area contributed by atoms with Gasteiger partial charge in [-0.3, -0.25) is 9.78 Å². The minimum absolute atomic E-state index is 0.226. The molecule has 0 aliphatic rings. The van der Waals surface area contributed by atoms with Crippen molar-refractivity contribution in [3.63, 3.8) is 0 Å². The zero-order valence-corrected chi connectivity index (χ0v) is 11.9. The Morgan fingerprint density at radius 2 is 2.19 bits per heavy atom. The quantitative estimate of drug-likeness (QED) is 0.763. The molecule has 110 valence electrons. The monoisotopic (exact) mass is 286 g/mol. The number of nitrogens with one attached hydrogen (secondary N) is 2. The third kappa shape index (κ3) is 4.85. The van der Waals surface area contributed by atoms with Crippen molar-refractivity contribution >= 4 is 17.4 Å². The molecule has 6 heteroatoms. The molecular weight excluding hydrogens is 268 g/mol. The van der Waals surface area contributed by atoms with Gasteiger partial charge in [0.2, 0.25) is 0 Å². The van der Waals surface area contributed by atoms with Crippen LogP contribution < -0.4 is 10.6 Å². The van der Waals surface area contributed by atoms with Gasteiger partial charge in [-0.1, -0.05) is 0 Å². The second-order valence-corrected chi connectivity index (χ2v) is 4.40. The van der Waals surface area contributed by atoms with Crippen LogP contribution in [0.2, 0.25) is 0 Å². The Labute approximate surface area is 123 Å². The van der Waals surface area contributed by atoms with E-state index in [-0.39, 0.29) is 5.91 Å². The van der Waals surface area contributed by atoms with E-state index < -0.39 is 0 Å². The summed E-state index contributed by atoms with van der Waals surface area (Å²) in [5.41, 5.74) is 1.41. The van der Waals surface area contributed by atoms with Gasteiger partial charge in [0.25, 0.3) is 5.91 Å². The van der Waals surface area contributed by atoms with E-state index in [0.29, 0.717) is 11.4 Å². The zero-order valence-electron chi connectivity index (χ0n) is 11.9. The maximum atomic E-state index is 11.9. The van der Waals surface area contributed by atoms with Crippen LogP contribution in [0.25, 0.3) is 0 Å². The molecule has 2 aromatic heterocycles. The number of pyridine rings is 2. The summed E-state index contributed by atoms with van der Waals surface area (Å²) in [5.74, 6) is 0.280. The summed E-state index contributed by atoms with van der Waals surface area (Å²) in [5, 5.41) is 5.95. The van der Waals surface area contributed by atoms with E-state index >= 15 is 0 Å². The number of carbonyl (C=O) groups is 1. The summed E-state index contributed by atoms with van der Waals surface area (Å²) < 4.78 is 4.98. The van der Waals surface area contributed by atoms with E-state index in [9.17, 15) is 4.79 Å². The number of methoxy groups -OCH3 is 1. The van der Waals surface area contributed by atoms with Crippen LogP contribution >= 0.6 is 0 Å². The Kier molecular flexibility index (Phi) is 5.66. The van der Waals surface area contributed by atoms with Crippen molar-refractivity contribution in [1.82, 2.24) is 9.97 Å². The van der Waals surface area contributed by atoms with Gasteiger partial charge in [-0.15, -0.1) is 0 Å². The Hall–Kier alpha value is -2.47. The van der Waals surface area contributed by atoms with Gasteiger partial charge < -0.3 is 15.4 Å². The van der Waals surface area contributed by atoms with Crippen LogP contribution in [0.1, 0.15) is 16.8 Å². The molecule has 2 heterocycles. The van der Waals surface area contributed by atoms with Gasteiger partial charge in [-0.25, -0.2) is 4.98 Å². The second-order valence-electron chi connectivity index (χ2n) is 4.40. The lowest BCUT2D eigenvalue weighted by atomic mass is 10.2. The largest absolute Gasteiger partial charge is 0.385 e. The van der Waals surface area contributed by atoms with Crippen molar-refractivity contribution < 1.29 is 9.53 Å². The van der Waals surface area contributed by atoms with Gasteiger partial charge in [-0.2, -0.15) is 0 Å². The molecule has 0 bridgehead atoms. The van der Waals surface area contributed by atoms with Crippen LogP contribution in [0.4, 0.5) is 11.5 Å². The summed E-state index contributed by atoms with van der Waals surface area (Å²) in [6, 6.07) is 7.05. The molecule has 0 aromatic carbocycles. The Balaban J connectivity index is 1.86. The van der Waals surface area contributed by atoms with Gasteiger partial charge in [-0.05, 0) is 30.7 Å². The third-order valence-electron chi connectivity index (χ3n) is 2.78. The van der Waals surface area contributed by atoms with E-state index in [1.165, 1.54) is 6.20 Å². The fourth-order valence-electron chi connectivity index (χ4n) is 1.71. The molecule has 2 aromatic rings. The molecule has 0 atom stereocenters. The van der Waals surface area contributed by atoms with Crippen molar-refractivity contribution in [3.05, 3.63) is 48.4 Å². The molecule has 21 heavy (non-hydrogen) atoms. The first-order valence-corrected chi connectivity index (χ1v) is 6.70. The van der Waals surface area contributed by atoms with Crippen LogP contribution in [-0.4, -0.2) is 36.1 Å². The first-order chi connectivity index (χ1) is 10.3. The highest BCUT2D eigenvalue weighted by Gasteiger charge is 2.06. The van der Waals surface area contributed by atoms with Crippen LogP contribution in [0, 0.1) is 0 Å². The molecule has 0 unspecified atom stereocenters. The van der Waals surface area contributed by atoms with Crippen LogP contribution in [0.15, 0.2) is 42.9 Å². The minimum Gasteiger partial charge on any atom is -0.385 e. The zero-order chi connectivity index (χ0) is 14.9. The molecule has 0 aliphatic heterocycles. The summed E-state index contributed by atoms with van der Waals surface area (Å²) >= 11 is 0. The van der Waals surface area contributed by atoms with Gasteiger partial charge in [0, 0.05) is 32.7 Å². The van der Waals surface area contributed by atoms with E-state index in [0.717, 1.165) is 25.3 Å². The van der Waals surface area contributed by atoms with Crippen molar-refractivity contribution in [1.29, 1.82) is 0 Å². The average Bonchev–Trinajstić information content (AvgIpc) is 2.54. The molecule has 6 nitrogen and oxygen atoms in total. The molecule has 0 fully saturated rings. The van der Waals surface area contributed by atoms with Crippen molar-refractivity contribution in [3.8, 4) is 0 Å². The van der Waals surface area contributed by atoms with E-state index in [2.05, 4.69) is 20.6 Å². The number of carbonyl (C=O) groups excluding carboxylic acids is 1. The predicted molar refractivity (Wildman–Crippen MR) is 81.4 cm³/mol. The van der Waals surface area contributed by atoms with Gasteiger partial charge in [0.15, 0.2) is 0 Å². The molecular formula is C15H18N4O2. The molecule has 2 rings (SSSR count). The number of aromatic nitrogens is 2. The maximum Gasteiger partial charge on any atom is 0.258 e. The van der Waals surface area contributed by atoms with E-state index in [4.69, 9.17) is 4.74 Å². The predicted octanol–water partition coefficient (Wildman–Crippen LogP) is 2.18. The van der Waals surface area contributed by atoms with Gasteiger partial charge in [0.05, 0.1) is 17.4 Å². The molecule has 0 spiro atoms. The smallest absolute Gasteiger partial charge is 0.258 e. The molecule has 0 aliphatic carbocycles. The van der Waals surface area contributed by atoms with E-state index in [1.54, 1.807) is 37.7 Å². The lowest BCUT2D eigenvalue weighted by molar-refractivity contribution is 0.102. The standard InChI is InChI=1S/C15H18N4O2/c1-21-9-3-8-17-13-5-6-14(18-11-13)19-15(20)12-4-2-7-16-10-12/h2,4-7,10-11,17H,3,8-9H2,1H3,(H,18,19,20). The van der Waals surface area contributed by atoms with Gasteiger partial charge >= 0.3 is 0 Å². The molecule has 0 saturated carbocycles. The minimum atomic E-state index is -0.226. The number of rotatable bonds is 7. The number of anilines is 2. The van der Waals surface area contributed by atoms with Crippen LogP contribution in [0.5, 0.6) is 0 Å². The lowest BCUT2D eigenvalue weighted by Gasteiger charge is -2.07. The van der Waals surface area contributed by atoms with Crippen molar-refractivity contribution in [2.75, 3.05) is 30.9 Å². The normalized spacial score (nSPS) is 10.1. The SMILES string of the molecule is COCCCNc1ccc(NC(=O)c2cccnc2)nc1. The average molecular weight is 286 g/mol. The fourth-order valence-corrected chi connectivity index (χ4v) is 1.71. The summed E-state index contributed by atoms with van der Waals surface area (Å²) in [4.78, 5) is 20.0. The highest BCUT2D eigenvalue weighted by atomic mass is 16.5. The molecule has 0 radical (unpaired) electrons. The number of hydrogen-bond acceptors (Lipinski definition) is 5. The highest BCUT2D eigenvalue weighted by molar-refractivity contribution is 6.03. The summed E-state index contributed by atoms with van der Waals surface area (Å²) in [7, 11) is 1.68. The number of amides is 1. The van der Waals surface area contributed by atoms with Crippen molar-refractivity contribution in [2.24, 2.45) is 0 Å².